The molecule has 3 atom stereocenters. The minimum atomic E-state index is -0.315. The van der Waals surface area contributed by atoms with Crippen molar-refractivity contribution in [1.29, 1.82) is 0 Å². The van der Waals surface area contributed by atoms with Crippen molar-refractivity contribution in [2.24, 2.45) is 0 Å². The first kappa shape index (κ1) is 20.2. The zero-order chi connectivity index (χ0) is 21.4. The molecule has 3 aliphatic heterocycles. The first-order valence-electron chi connectivity index (χ1n) is 11.2. The second kappa shape index (κ2) is 8.46. The Hall–Kier alpha value is -2.67. The van der Waals surface area contributed by atoms with E-state index in [0.29, 0.717) is 25.1 Å². The fraction of sp³-hybridized carbons (Fsp3) is 0.500. The number of amides is 1. The lowest BCUT2D eigenvalue weighted by molar-refractivity contribution is 0.00640. The predicted molar refractivity (Wildman–Crippen MR) is 115 cm³/mol. The average molecular weight is 426 g/mol. The molecule has 1 aromatic heterocycles. The smallest absolute Gasteiger partial charge is 0.410 e. The van der Waals surface area contributed by atoms with Crippen LogP contribution in [0.5, 0.6) is 0 Å². The Morgan fingerprint density at radius 3 is 2.65 bits per heavy atom. The van der Waals surface area contributed by atoms with E-state index in [1.54, 1.807) is 24.5 Å². The third-order valence-corrected chi connectivity index (χ3v) is 6.85. The zero-order valence-corrected chi connectivity index (χ0v) is 17.5. The second-order valence-corrected chi connectivity index (χ2v) is 8.92. The summed E-state index contributed by atoms with van der Waals surface area (Å²) in [7, 11) is 0. The Labute approximate surface area is 181 Å². The van der Waals surface area contributed by atoms with E-state index in [-0.39, 0.29) is 36.2 Å². The Morgan fingerprint density at radius 1 is 1.13 bits per heavy atom. The number of carbonyl (C=O) groups is 1. The molecule has 2 aromatic rings. The number of halogens is 1. The molecule has 164 valence electrons. The van der Waals surface area contributed by atoms with Crippen LogP contribution < -0.4 is 4.90 Å². The number of anilines is 1. The first-order valence-corrected chi connectivity index (χ1v) is 11.2. The van der Waals surface area contributed by atoms with Crippen LogP contribution >= 0.6 is 0 Å². The van der Waals surface area contributed by atoms with Gasteiger partial charge in [0.2, 0.25) is 0 Å². The summed E-state index contributed by atoms with van der Waals surface area (Å²) in [6, 6.07) is 9.15. The maximum absolute atomic E-state index is 14.9. The Bertz CT molecular complexity index is 927. The Morgan fingerprint density at radius 2 is 1.94 bits per heavy atom. The van der Waals surface area contributed by atoms with Crippen LogP contribution in [0.25, 0.3) is 11.1 Å². The number of aliphatic hydroxyl groups excluding tert-OH is 1. The summed E-state index contributed by atoms with van der Waals surface area (Å²) >= 11 is 0. The van der Waals surface area contributed by atoms with Crippen LogP contribution in [-0.4, -0.2) is 58.5 Å². The lowest BCUT2D eigenvalue weighted by Crippen LogP contribution is -2.50. The predicted octanol–water partition coefficient (Wildman–Crippen LogP) is 3.98. The van der Waals surface area contributed by atoms with Crippen LogP contribution in [0.2, 0.25) is 0 Å². The molecule has 0 saturated carbocycles. The lowest BCUT2D eigenvalue weighted by Gasteiger charge is -2.39. The summed E-state index contributed by atoms with van der Waals surface area (Å²) < 4.78 is 20.8. The quantitative estimate of drug-likeness (QED) is 0.806. The van der Waals surface area contributed by atoms with E-state index in [2.05, 4.69) is 4.98 Å². The van der Waals surface area contributed by atoms with Crippen molar-refractivity contribution in [2.75, 3.05) is 18.0 Å². The van der Waals surface area contributed by atoms with Gasteiger partial charge in [-0.05, 0) is 62.3 Å². The fourth-order valence-corrected chi connectivity index (χ4v) is 5.38. The number of ether oxygens (including phenoxy) is 1. The largest absolute Gasteiger partial charge is 0.444 e. The first-order chi connectivity index (χ1) is 15.1. The van der Waals surface area contributed by atoms with Gasteiger partial charge in [-0.15, -0.1) is 0 Å². The highest BCUT2D eigenvalue weighted by atomic mass is 19.1. The van der Waals surface area contributed by atoms with Crippen molar-refractivity contribution in [3.8, 4) is 11.1 Å². The van der Waals surface area contributed by atoms with Crippen LogP contribution in [0.3, 0.4) is 0 Å². The molecule has 31 heavy (non-hydrogen) atoms. The Balaban J connectivity index is 1.25. The van der Waals surface area contributed by atoms with Gasteiger partial charge >= 0.3 is 6.09 Å². The number of carbonyl (C=O) groups excluding carboxylic acids is 1. The summed E-state index contributed by atoms with van der Waals surface area (Å²) in [6.45, 7) is 1.22. The van der Waals surface area contributed by atoms with E-state index in [0.717, 1.165) is 43.4 Å². The summed E-state index contributed by atoms with van der Waals surface area (Å²) in [5, 5.41) is 9.97. The van der Waals surface area contributed by atoms with E-state index < -0.39 is 0 Å². The number of benzene rings is 1. The van der Waals surface area contributed by atoms with Crippen molar-refractivity contribution >= 4 is 11.8 Å². The van der Waals surface area contributed by atoms with Gasteiger partial charge in [0.05, 0.1) is 18.3 Å². The van der Waals surface area contributed by atoms with Crippen LogP contribution in [0.1, 0.15) is 38.5 Å². The highest BCUT2D eigenvalue weighted by Gasteiger charge is 2.44. The number of aliphatic hydroxyl groups is 1. The molecule has 7 heteroatoms. The van der Waals surface area contributed by atoms with Gasteiger partial charge < -0.3 is 19.6 Å². The number of piperidine rings is 2. The van der Waals surface area contributed by atoms with Gasteiger partial charge in [0.25, 0.3) is 0 Å². The maximum Gasteiger partial charge on any atom is 0.410 e. The lowest BCUT2D eigenvalue weighted by atomic mass is 10.0. The molecule has 1 amide bonds. The SMILES string of the molecule is O=C(OC1CCCN(c2ccc(-c3cccnc3)cc2F)C1)N1C2CCC1CC(O)C2. The van der Waals surface area contributed by atoms with Crippen LogP contribution in [0.4, 0.5) is 14.9 Å². The highest BCUT2D eigenvalue weighted by molar-refractivity contribution is 5.70. The third-order valence-electron chi connectivity index (χ3n) is 6.85. The minimum absolute atomic E-state index is 0.0819. The Kier molecular flexibility index (Phi) is 5.52. The number of fused-ring (bicyclic) bond motifs is 2. The van der Waals surface area contributed by atoms with Gasteiger partial charge in [-0.2, -0.15) is 0 Å². The van der Waals surface area contributed by atoms with E-state index in [1.807, 2.05) is 28.0 Å². The third kappa shape index (κ3) is 4.11. The second-order valence-electron chi connectivity index (χ2n) is 8.92. The molecule has 0 spiro atoms. The minimum Gasteiger partial charge on any atom is -0.444 e. The van der Waals surface area contributed by atoms with E-state index >= 15 is 0 Å². The topological polar surface area (TPSA) is 65.9 Å². The molecule has 0 aliphatic carbocycles. The van der Waals surface area contributed by atoms with Gasteiger partial charge in [-0.1, -0.05) is 12.1 Å². The zero-order valence-electron chi connectivity index (χ0n) is 17.5. The summed E-state index contributed by atoms with van der Waals surface area (Å²) in [6.07, 6.45) is 7.32. The van der Waals surface area contributed by atoms with Crippen molar-refractivity contribution in [2.45, 2.75) is 62.8 Å². The van der Waals surface area contributed by atoms with Gasteiger partial charge in [0.1, 0.15) is 11.9 Å². The van der Waals surface area contributed by atoms with E-state index in [1.165, 1.54) is 0 Å². The molecule has 1 aromatic carbocycles. The van der Waals surface area contributed by atoms with Gasteiger partial charge in [0, 0.05) is 36.6 Å². The van der Waals surface area contributed by atoms with Gasteiger partial charge in [-0.25, -0.2) is 9.18 Å². The van der Waals surface area contributed by atoms with E-state index in [4.69, 9.17) is 4.74 Å². The number of rotatable bonds is 3. The van der Waals surface area contributed by atoms with Crippen LogP contribution in [0.15, 0.2) is 42.7 Å². The van der Waals surface area contributed by atoms with Crippen molar-refractivity contribution in [3.63, 3.8) is 0 Å². The number of aromatic nitrogens is 1. The molecule has 3 unspecified atom stereocenters. The van der Waals surface area contributed by atoms with Crippen LogP contribution in [0, 0.1) is 5.82 Å². The average Bonchev–Trinajstić information content (AvgIpc) is 3.06. The van der Waals surface area contributed by atoms with Gasteiger partial charge in [0.15, 0.2) is 0 Å². The summed E-state index contributed by atoms with van der Waals surface area (Å²) in [4.78, 5) is 20.8. The number of pyridine rings is 1. The van der Waals surface area contributed by atoms with Crippen molar-refractivity contribution < 1.29 is 19.0 Å². The molecule has 1 N–H and O–H groups in total. The molecule has 3 fully saturated rings. The molecule has 4 heterocycles. The molecule has 3 aliphatic rings. The molecule has 5 rings (SSSR count). The van der Waals surface area contributed by atoms with Crippen molar-refractivity contribution in [1.82, 2.24) is 9.88 Å². The number of hydrogen-bond donors (Lipinski definition) is 1. The number of nitrogens with zero attached hydrogens (tertiary/aromatic N) is 3. The van der Waals surface area contributed by atoms with Crippen LogP contribution in [-0.2, 0) is 4.74 Å². The molecule has 6 nitrogen and oxygen atoms in total. The summed E-state index contributed by atoms with van der Waals surface area (Å²) in [5.41, 5.74) is 2.20. The molecule has 0 radical (unpaired) electrons. The maximum atomic E-state index is 14.9. The summed E-state index contributed by atoms with van der Waals surface area (Å²) in [5.74, 6) is -0.281. The molecular formula is C24H28FN3O3. The fourth-order valence-electron chi connectivity index (χ4n) is 5.38. The van der Waals surface area contributed by atoms with E-state index in [9.17, 15) is 14.3 Å². The molecule has 2 bridgehead atoms. The molecular weight excluding hydrogens is 397 g/mol. The normalized spacial score (nSPS) is 27.9. The number of hydrogen-bond acceptors (Lipinski definition) is 5. The molecule has 3 saturated heterocycles. The van der Waals surface area contributed by atoms with Gasteiger partial charge in [-0.3, -0.25) is 4.98 Å². The highest BCUT2D eigenvalue weighted by Crippen LogP contribution is 2.37. The van der Waals surface area contributed by atoms with Crippen molar-refractivity contribution in [3.05, 3.63) is 48.5 Å². The standard InChI is InChI=1S/C24H28FN3O3/c25-22-11-16(17-3-1-9-26-14-17)5-8-23(22)27-10-2-4-21(15-27)31-24(30)28-18-6-7-19(28)13-20(29)12-18/h1,3,5,8-9,11,14,18-21,29H,2,4,6-7,10,12-13,15H2. The monoisotopic (exact) mass is 425 g/mol.